The van der Waals surface area contributed by atoms with Gasteiger partial charge in [-0.3, -0.25) is 14.6 Å². The Hall–Kier alpha value is -0.650. The Morgan fingerprint density at radius 3 is 2.67 bits per heavy atom. The highest BCUT2D eigenvalue weighted by Gasteiger charge is 2.56. The molecule has 2 unspecified atom stereocenters. The van der Waals surface area contributed by atoms with E-state index in [1.165, 1.54) is 12.8 Å². The summed E-state index contributed by atoms with van der Waals surface area (Å²) in [6.07, 6.45) is 4.19. The van der Waals surface area contributed by atoms with Gasteiger partial charge in [0.15, 0.2) is 0 Å². The van der Waals surface area contributed by atoms with E-state index in [-0.39, 0.29) is 6.04 Å². The minimum atomic E-state index is -0.649. The predicted molar refractivity (Wildman–Crippen MR) is 66.6 cm³/mol. The first kappa shape index (κ1) is 12.4. The van der Waals surface area contributed by atoms with Gasteiger partial charge >= 0.3 is 5.97 Å². The van der Waals surface area contributed by atoms with Crippen LogP contribution in [0.25, 0.3) is 0 Å². The second-order valence-electron chi connectivity index (χ2n) is 5.63. The summed E-state index contributed by atoms with van der Waals surface area (Å²) in [5.41, 5.74) is -0.649. The third kappa shape index (κ3) is 1.76. The highest BCUT2D eigenvalue weighted by molar-refractivity contribution is 5.80. The van der Waals surface area contributed by atoms with Crippen LogP contribution < -0.4 is 0 Å². The van der Waals surface area contributed by atoms with Gasteiger partial charge in [-0.1, -0.05) is 6.42 Å². The summed E-state index contributed by atoms with van der Waals surface area (Å²) < 4.78 is 5.37. The summed E-state index contributed by atoms with van der Waals surface area (Å²) in [7, 11) is 0. The molecular formula is C13H22N2O3. The maximum atomic E-state index is 12.0. The van der Waals surface area contributed by atoms with Crippen molar-refractivity contribution in [1.82, 2.24) is 9.80 Å². The SMILES string of the molecule is O=C(O)C1(N2CCOCC2)CCN2CCCCC21. The van der Waals surface area contributed by atoms with Gasteiger partial charge < -0.3 is 9.84 Å². The quantitative estimate of drug-likeness (QED) is 0.773. The number of morpholine rings is 1. The predicted octanol–water partition coefficient (Wildman–Crippen LogP) is 0.400. The standard InChI is InChI=1S/C13H22N2O3/c16-12(17)13(15-7-9-18-10-8-15)4-6-14-5-2-1-3-11(13)14/h11H,1-10H2,(H,16,17). The molecule has 5 nitrogen and oxygen atoms in total. The van der Waals surface area contributed by atoms with Crippen molar-refractivity contribution in [2.45, 2.75) is 37.3 Å². The van der Waals surface area contributed by atoms with E-state index >= 15 is 0 Å². The van der Waals surface area contributed by atoms with Crippen LogP contribution in [0.4, 0.5) is 0 Å². The minimum Gasteiger partial charge on any atom is -0.480 e. The third-order valence-electron chi connectivity index (χ3n) is 4.89. The van der Waals surface area contributed by atoms with Crippen molar-refractivity contribution in [3.63, 3.8) is 0 Å². The monoisotopic (exact) mass is 254 g/mol. The Kier molecular flexibility index (Phi) is 3.30. The lowest BCUT2D eigenvalue weighted by molar-refractivity contribution is -0.158. The fraction of sp³-hybridized carbons (Fsp3) is 0.923. The number of nitrogens with zero attached hydrogens (tertiary/aromatic N) is 2. The van der Waals surface area contributed by atoms with Gasteiger partial charge in [-0.05, 0) is 25.8 Å². The van der Waals surface area contributed by atoms with E-state index in [1.54, 1.807) is 0 Å². The van der Waals surface area contributed by atoms with Crippen LogP contribution in [0, 0.1) is 0 Å². The zero-order chi connectivity index (χ0) is 12.6. The lowest BCUT2D eigenvalue weighted by Crippen LogP contribution is -2.64. The summed E-state index contributed by atoms with van der Waals surface area (Å²) in [5, 5.41) is 9.85. The van der Waals surface area contributed by atoms with E-state index in [9.17, 15) is 9.90 Å². The number of fused-ring (bicyclic) bond motifs is 1. The van der Waals surface area contributed by atoms with Gasteiger partial charge in [-0.15, -0.1) is 0 Å². The average Bonchev–Trinajstić information content (AvgIpc) is 2.80. The highest BCUT2D eigenvalue weighted by Crippen LogP contribution is 2.40. The molecule has 3 aliphatic rings. The van der Waals surface area contributed by atoms with E-state index in [0.717, 1.165) is 39.0 Å². The van der Waals surface area contributed by atoms with Crippen molar-refractivity contribution in [3.05, 3.63) is 0 Å². The topological polar surface area (TPSA) is 53.0 Å². The zero-order valence-corrected chi connectivity index (χ0v) is 10.8. The Labute approximate surface area is 108 Å². The van der Waals surface area contributed by atoms with Crippen molar-refractivity contribution in [3.8, 4) is 0 Å². The Morgan fingerprint density at radius 1 is 1.17 bits per heavy atom. The molecule has 5 heteroatoms. The van der Waals surface area contributed by atoms with E-state index in [2.05, 4.69) is 9.80 Å². The van der Waals surface area contributed by atoms with Crippen molar-refractivity contribution < 1.29 is 14.6 Å². The maximum absolute atomic E-state index is 12.0. The number of aliphatic carboxylic acids is 1. The molecule has 0 bridgehead atoms. The molecule has 3 fully saturated rings. The summed E-state index contributed by atoms with van der Waals surface area (Å²) >= 11 is 0. The molecule has 0 aromatic rings. The fourth-order valence-electron chi connectivity index (χ4n) is 4.00. The largest absolute Gasteiger partial charge is 0.480 e. The van der Waals surface area contributed by atoms with Crippen molar-refractivity contribution >= 4 is 5.97 Å². The average molecular weight is 254 g/mol. The van der Waals surface area contributed by atoms with Gasteiger partial charge in [-0.25, -0.2) is 0 Å². The summed E-state index contributed by atoms with van der Waals surface area (Å²) in [6, 6.07) is 0.210. The molecule has 3 saturated heterocycles. The smallest absolute Gasteiger partial charge is 0.325 e. The molecule has 3 heterocycles. The van der Waals surface area contributed by atoms with E-state index in [0.29, 0.717) is 13.2 Å². The molecule has 0 aliphatic carbocycles. The van der Waals surface area contributed by atoms with Gasteiger partial charge in [0.05, 0.1) is 13.2 Å². The molecule has 0 aromatic heterocycles. The number of piperidine rings is 1. The maximum Gasteiger partial charge on any atom is 0.325 e. The number of carbonyl (C=O) groups is 1. The van der Waals surface area contributed by atoms with Crippen LogP contribution in [0.15, 0.2) is 0 Å². The molecule has 0 radical (unpaired) electrons. The van der Waals surface area contributed by atoms with E-state index in [4.69, 9.17) is 4.74 Å². The molecule has 3 rings (SSSR count). The third-order valence-corrected chi connectivity index (χ3v) is 4.89. The minimum absolute atomic E-state index is 0.210. The molecule has 0 aromatic carbocycles. The van der Waals surface area contributed by atoms with Crippen LogP contribution in [-0.2, 0) is 9.53 Å². The number of carboxylic acids is 1. The van der Waals surface area contributed by atoms with E-state index in [1.807, 2.05) is 0 Å². The highest BCUT2D eigenvalue weighted by atomic mass is 16.5. The molecule has 2 atom stereocenters. The van der Waals surface area contributed by atoms with Gasteiger partial charge in [0.2, 0.25) is 0 Å². The number of carboxylic acid groups (broad SMARTS) is 1. The van der Waals surface area contributed by atoms with Gasteiger partial charge in [0.25, 0.3) is 0 Å². The molecule has 0 spiro atoms. The Bertz CT molecular complexity index is 330. The first-order chi connectivity index (χ1) is 8.75. The van der Waals surface area contributed by atoms with Crippen LogP contribution in [0.2, 0.25) is 0 Å². The number of rotatable bonds is 2. The molecule has 102 valence electrons. The lowest BCUT2D eigenvalue weighted by Gasteiger charge is -2.46. The molecule has 1 N–H and O–H groups in total. The summed E-state index contributed by atoms with van der Waals surface area (Å²) in [4.78, 5) is 16.5. The summed E-state index contributed by atoms with van der Waals surface area (Å²) in [5.74, 6) is -0.626. The first-order valence-electron chi connectivity index (χ1n) is 7.05. The fourth-order valence-corrected chi connectivity index (χ4v) is 4.00. The normalized spacial score (nSPS) is 38.6. The zero-order valence-electron chi connectivity index (χ0n) is 10.8. The number of hydrogen-bond donors (Lipinski definition) is 1. The first-order valence-corrected chi connectivity index (χ1v) is 7.05. The Balaban J connectivity index is 1.88. The van der Waals surface area contributed by atoms with Crippen LogP contribution in [-0.4, -0.2) is 71.8 Å². The lowest BCUT2D eigenvalue weighted by atomic mass is 9.83. The molecular weight excluding hydrogens is 232 g/mol. The molecule has 0 saturated carbocycles. The van der Waals surface area contributed by atoms with Crippen molar-refractivity contribution in [1.29, 1.82) is 0 Å². The molecule has 0 amide bonds. The number of ether oxygens (including phenoxy) is 1. The van der Waals surface area contributed by atoms with Gasteiger partial charge in [0, 0.05) is 25.7 Å². The summed E-state index contributed by atoms with van der Waals surface area (Å²) in [6.45, 7) is 4.87. The molecule has 3 aliphatic heterocycles. The Morgan fingerprint density at radius 2 is 1.94 bits per heavy atom. The second kappa shape index (κ2) is 4.79. The van der Waals surface area contributed by atoms with Crippen LogP contribution in [0.5, 0.6) is 0 Å². The van der Waals surface area contributed by atoms with Crippen molar-refractivity contribution in [2.75, 3.05) is 39.4 Å². The number of hydrogen-bond acceptors (Lipinski definition) is 4. The van der Waals surface area contributed by atoms with Gasteiger partial charge in [0.1, 0.15) is 5.54 Å². The second-order valence-corrected chi connectivity index (χ2v) is 5.63. The van der Waals surface area contributed by atoms with Gasteiger partial charge in [-0.2, -0.15) is 0 Å². The van der Waals surface area contributed by atoms with E-state index < -0.39 is 11.5 Å². The van der Waals surface area contributed by atoms with Crippen LogP contribution in [0.3, 0.4) is 0 Å². The van der Waals surface area contributed by atoms with Crippen LogP contribution in [0.1, 0.15) is 25.7 Å². The van der Waals surface area contributed by atoms with Crippen LogP contribution >= 0.6 is 0 Å². The van der Waals surface area contributed by atoms with Crippen molar-refractivity contribution in [2.24, 2.45) is 0 Å². The molecule has 18 heavy (non-hydrogen) atoms.